The highest BCUT2D eigenvalue weighted by atomic mass is 16.1. The molecule has 22 heavy (non-hydrogen) atoms. The maximum absolute atomic E-state index is 11.8. The van der Waals surface area contributed by atoms with E-state index in [0.717, 1.165) is 18.7 Å². The van der Waals surface area contributed by atoms with Crippen LogP contribution in [0.15, 0.2) is 42.5 Å². The largest absolute Gasteiger partial charge is 0.376 e. The van der Waals surface area contributed by atoms with Gasteiger partial charge in [-0.15, -0.1) is 0 Å². The molecular formula is C19H22N2O. The van der Waals surface area contributed by atoms with Crippen LogP contribution in [0, 0.1) is 5.92 Å². The van der Waals surface area contributed by atoms with Crippen molar-refractivity contribution in [2.45, 2.75) is 20.3 Å². The van der Waals surface area contributed by atoms with Crippen molar-refractivity contribution in [3.05, 3.63) is 53.6 Å². The van der Waals surface area contributed by atoms with Gasteiger partial charge in [-0.3, -0.25) is 4.79 Å². The lowest BCUT2D eigenvalue weighted by Crippen LogP contribution is -2.32. The Morgan fingerprint density at radius 1 is 1.09 bits per heavy atom. The number of fused-ring (bicyclic) bond motifs is 3. The van der Waals surface area contributed by atoms with E-state index in [0.29, 0.717) is 12.5 Å². The van der Waals surface area contributed by atoms with Crippen molar-refractivity contribution in [2.75, 3.05) is 18.4 Å². The lowest BCUT2D eigenvalue weighted by molar-refractivity contribution is -0.119. The highest BCUT2D eigenvalue weighted by Gasteiger charge is 2.17. The monoisotopic (exact) mass is 294 g/mol. The third-order valence-electron chi connectivity index (χ3n) is 3.95. The van der Waals surface area contributed by atoms with Crippen molar-refractivity contribution in [3.8, 4) is 11.1 Å². The summed E-state index contributed by atoms with van der Waals surface area (Å²) < 4.78 is 0. The van der Waals surface area contributed by atoms with E-state index < -0.39 is 0 Å². The molecule has 0 aromatic heterocycles. The Morgan fingerprint density at radius 2 is 1.86 bits per heavy atom. The summed E-state index contributed by atoms with van der Waals surface area (Å²) >= 11 is 0. The Bertz CT molecular complexity index is 692. The summed E-state index contributed by atoms with van der Waals surface area (Å²) in [6, 6.07) is 14.9. The zero-order chi connectivity index (χ0) is 15.5. The number of nitrogens with one attached hydrogen (secondary N) is 2. The van der Waals surface area contributed by atoms with E-state index in [1.165, 1.54) is 22.3 Å². The summed E-state index contributed by atoms with van der Waals surface area (Å²) in [5.41, 5.74) is 6.36. The van der Waals surface area contributed by atoms with Crippen LogP contribution in [0.3, 0.4) is 0 Å². The second-order valence-corrected chi connectivity index (χ2v) is 6.26. The van der Waals surface area contributed by atoms with Gasteiger partial charge in [-0.25, -0.2) is 0 Å². The van der Waals surface area contributed by atoms with Crippen molar-refractivity contribution in [1.29, 1.82) is 0 Å². The maximum atomic E-state index is 11.8. The van der Waals surface area contributed by atoms with Gasteiger partial charge in [0, 0.05) is 12.2 Å². The number of hydrogen-bond donors (Lipinski definition) is 2. The van der Waals surface area contributed by atoms with Crippen molar-refractivity contribution >= 4 is 11.6 Å². The second kappa shape index (κ2) is 6.22. The van der Waals surface area contributed by atoms with Gasteiger partial charge in [0.1, 0.15) is 0 Å². The van der Waals surface area contributed by atoms with Crippen LogP contribution in [-0.4, -0.2) is 19.0 Å². The molecule has 1 amide bonds. The predicted molar refractivity (Wildman–Crippen MR) is 91.0 cm³/mol. The Morgan fingerprint density at radius 3 is 2.68 bits per heavy atom. The summed E-state index contributed by atoms with van der Waals surface area (Å²) in [5, 5.41) is 6.13. The molecule has 0 aliphatic heterocycles. The highest BCUT2D eigenvalue weighted by molar-refractivity contribution is 5.82. The Hall–Kier alpha value is -2.29. The smallest absolute Gasteiger partial charge is 0.239 e. The molecule has 0 spiro atoms. The minimum Gasteiger partial charge on any atom is -0.376 e. The zero-order valence-corrected chi connectivity index (χ0v) is 13.1. The normalized spacial score (nSPS) is 12.0. The van der Waals surface area contributed by atoms with Crippen molar-refractivity contribution in [2.24, 2.45) is 5.92 Å². The standard InChI is InChI=1S/C19H22N2O/c1-13(2)11-21-19(22)12-20-16-7-8-18-15(10-16)9-14-5-3-4-6-17(14)18/h3-8,10,13,20H,9,11-12H2,1-2H3,(H,21,22). The molecule has 3 nitrogen and oxygen atoms in total. The van der Waals surface area contributed by atoms with Crippen molar-refractivity contribution in [3.63, 3.8) is 0 Å². The van der Waals surface area contributed by atoms with Gasteiger partial charge in [0.05, 0.1) is 6.54 Å². The number of amides is 1. The molecule has 114 valence electrons. The first-order valence-corrected chi connectivity index (χ1v) is 7.85. The molecule has 0 unspecified atom stereocenters. The molecule has 2 aromatic rings. The van der Waals surface area contributed by atoms with E-state index in [9.17, 15) is 4.79 Å². The third kappa shape index (κ3) is 3.14. The Kier molecular flexibility index (Phi) is 4.14. The van der Waals surface area contributed by atoms with E-state index in [1.54, 1.807) is 0 Å². The van der Waals surface area contributed by atoms with Crippen LogP contribution in [0.25, 0.3) is 11.1 Å². The summed E-state index contributed by atoms with van der Waals surface area (Å²) in [6.07, 6.45) is 0.973. The van der Waals surface area contributed by atoms with Crippen LogP contribution < -0.4 is 10.6 Å². The van der Waals surface area contributed by atoms with Crippen LogP contribution in [0.5, 0.6) is 0 Å². The fraction of sp³-hybridized carbons (Fsp3) is 0.316. The maximum Gasteiger partial charge on any atom is 0.239 e. The molecule has 0 saturated carbocycles. The molecule has 0 heterocycles. The number of carbonyl (C=O) groups is 1. The van der Waals surface area contributed by atoms with E-state index in [4.69, 9.17) is 0 Å². The average molecular weight is 294 g/mol. The van der Waals surface area contributed by atoms with E-state index >= 15 is 0 Å². The molecule has 3 rings (SSSR count). The minimum absolute atomic E-state index is 0.0393. The first-order valence-electron chi connectivity index (χ1n) is 7.85. The van der Waals surface area contributed by atoms with Crippen molar-refractivity contribution < 1.29 is 4.79 Å². The first-order chi connectivity index (χ1) is 10.6. The Labute approximate surface area is 131 Å². The van der Waals surface area contributed by atoms with Gasteiger partial charge < -0.3 is 10.6 Å². The summed E-state index contributed by atoms with van der Waals surface area (Å²) in [6.45, 7) is 5.22. The Balaban J connectivity index is 1.64. The molecule has 0 bridgehead atoms. The molecule has 0 radical (unpaired) electrons. The average Bonchev–Trinajstić information content (AvgIpc) is 2.88. The van der Waals surface area contributed by atoms with Crippen LogP contribution in [0.1, 0.15) is 25.0 Å². The highest BCUT2D eigenvalue weighted by Crippen LogP contribution is 2.37. The molecule has 1 aliphatic rings. The quantitative estimate of drug-likeness (QED) is 0.757. The van der Waals surface area contributed by atoms with Gasteiger partial charge in [-0.1, -0.05) is 44.2 Å². The molecule has 0 atom stereocenters. The van der Waals surface area contributed by atoms with E-state index in [2.05, 4.69) is 66.9 Å². The minimum atomic E-state index is 0.0393. The SMILES string of the molecule is CC(C)CNC(=O)CNc1ccc2c(c1)Cc1ccccc1-2. The molecule has 0 saturated heterocycles. The molecule has 0 fully saturated rings. The third-order valence-corrected chi connectivity index (χ3v) is 3.95. The number of rotatable bonds is 5. The van der Waals surface area contributed by atoms with Gasteiger partial charge in [0.2, 0.25) is 5.91 Å². The van der Waals surface area contributed by atoms with Gasteiger partial charge in [0.25, 0.3) is 0 Å². The zero-order valence-electron chi connectivity index (χ0n) is 13.1. The molecular weight excluding hydrogens is 272 g/mol. The van der Waals surface area contributed by atoms with E-state index in [-0.39, 0.29) is 5.91 Å². The number of carbonyl (C=O) groups excluding carboxylic acids is 1. The van der Waals surface area contributed by atoms with Crippen LogP contribution >= 0.6 is 0 Å². The van der Waals surface area contributed by atoms with Gasteiger partial charge in [-0.05, 0) is 46.7 Å². The molecule has 2 N–H and O–H groups in total. The summed E-state index contributed by atoms with van der Waals surface area (Å²) in [7, 11) is 0. The van der Waals surface area contributed by atoms with Crippen LogP contribution in [0.2, 0.25) is 0 Å². The van der Waals surface area contributed by atoms with Crippen LogP contribution in [0.4, 0.5) is 5.69 Å². The summed E-state index contributed by atoms with van der Waals surface area (Å²) in [5.74, 6) is 0.514. The first kappa shape index (κ1) is 14.6. The number of anilines is 1. The van der Waals surface area contributed by atoms with Crippen molar-refractivity contribution in [1.82, 2.24) is 5.32 Å². The van der Waals surface area contributed by atoms with Gasteiger partial charge in [0.15, 0.2) is 0 Å². The summed E-state index contributed by atoms with van der Waals surface area (Å²) in [4.78, 5) is 11.8. The molecule has 1 aliphatic carbocycles. The molecule has 2 aromatic carbocycles. The van der Waals surface area contributed by atoms with Gasteiger partial charge >= 0.3 is 0 Å². The van der Waals surface area contributed by atoms with E-state index in [1.807, 2.05) is 0 Å². The number of hydrogen-bond acceptors (Lipinski definition) is 2. The lowest BCUT2D eigenvalue weighted by atomic mass is 10.1. The second-order valence-electron chi connectivity index (χ2n) is 6.26. The van der Waals surface area contributed by atoms with Gasteiger partial charge in [-0.2, -0.15) is 0 Å². The lowest BCUT2D eigenvalue weighted by Gasteiger charge is -2.10. The predicted octanol–water partition coefficient (Wildman–Crippen LogP) is 3.44. The number of benzene rings is 2. The molecule has 3 heteroatoms. The van der Waals surface area contributed by atoms with Crippen LogP contribution in [-0.2, 0) is 11.2 Å². The fourth-order valence-corrected chi connectivity index (χ4v) is 2.82. The topological polar surface area (TPSA) is 41.1 Å². The fourth-order valence-electron chi connectivity index (χ4n) is 2.82.